The van der Waals surface area contributed by atoms with Gasteiger partial charge in [-0.25, -0.2) is 4.79 Å². The quantitative estimate of drug-likeness (QED) is 0.845. The van der Waals surface area contributed by atoms with Crippen LogP contribution < -0.4 is 15.5 Å². The minimum Gasteiger partial charge on any atom is -0.450 e. The van der Waals surface area contributed by atoms with Gasteiger partial charge in [0.15, 0.2) is 0 Å². The van der Waals surface area contributed by atoms with Crippen molar-refractivity contribution in [3.8, 4) is 0 Å². The lowest BCUT2D eigenvalue weighted by molar-refractivity contribution is -0.117. The SMILES string of the molecule is CCOC(=O)Nc1cccc(C(=O)Nc2cccc(N3CCCC3=O)c2)c1. The minimum atomic E-state index is -0.571. The summed E-state index contributed by atoms with van der Waals surface area (Å²) in [6.07, 6.45) is 0.824. The number of amides is 3. The third kappa shape index (κ3) is 4.63. The molecule has 1 fully saturated rings. The molecule has 0 aromatic heterocycles. The van der Waals surface area contributed by atoms with Crippen molar-refractivity contribution >= 4 is 35.0 Å². The highest BCUT2D eigenvalue weighted by molar-refractivity contribution is 6.05. The van der Waals surface area contributed by atoms with Gasteiger partial charge in [0, 0.05) is 35.6 Å². The molecule has 3 amide bonds. The van der Waals surface area contributed by atoms with Crippen LogP contribution in [0.15, 0.2) is 48.5 Å². The molecule has 140 valence electrons. The molecule has 2 aromatic carbocycles. The summed E-state index contributed by atoms with van der Waals surface area (Å²) < 4.78 is 4.83. The van der Waals surface area contributed by atoms with E-state index in [0.717, 1.165) is 12.1 Å². The zero-order valence-electron chi connectivity index (χ0n) is 15.0. The largest absolute Gasteiger partial charge is 0.450 e. The van der Waals surface area contributed by atoms with Gasteiger partial charge in [0.1, 0.15) is 0 Å². The van der Waals surface area contributed by atoms with E-state index in [0.29, 0.717) is 29.9 Å². The number of carbonyl (C=O) groups excluding carboxylic acids is 3. The summed E-state index contributed by atoms with van der Waals surface area (Å²) in [6, 6.07) is 13.8. The molecule has 27 heavy (non-hydrogen) atoms. The molecule has 2 N–H and O–H groups in total. The summed E-state index contributed by atoms with van der Waals surface area (Å²) in [5.41, 5.74) is 2.23. The standard InChI is InChI=1S/C20H21N3O4/c1-2-27-20(26)22-15-7-3-6-14(12-15)19(25)21-16-8-4-9-17(13-16)23-11-5-10-18(23)24/h3-4,6-9,12-13H,2,5,10-11H2,1H3,(H,21,25)(H,22,26). The summed E-state index contributed by atoms with van der Waals surface area (Å²) in [4.78, 5) is 37.7. The Morgan fingerprint density at radius 1 is 1.07 bits per heavy atom. The van der Waals surface area contributed by atoms with Crippen molar-refractivity contribution in [3.05, 3.63) is 54.1 Å². The number of anilines is 3. The number of ether oxygens (including phenoxy) is 1. The summed E-state index contributed by atoms with van der Waals surface area (Å²) in [5, 5.41) is 5.39. The van der Waals surface area contributed by atoms with E-state index in [1.165, 1.54) is 0 Å². The second-order valence-electron chi connectivity index (χ2n) is 6.08. The number of nitrogens with one attached hydrogen (secondary N) is 2. The van der Waals surface area contributed by atoms with Crippen LogP contribution in [-0.2, 0) is 9.53 Å². The van der Waals surface area contributed by atoms with E-state index in [1.54, 1.807) is 54.3 Å². The zero-order chi connectivity index (χ0) is 19.2. The highest BCUT2D eigenvalue weighted by Gasteiger charge is 2.21. The Bertz CT molecular complexity index is 866. The maximum atomic E-state index is 12.5. The average Bonchev–Trinajstić information content (AvgIpc) is 3.08. The molecule has 1 aliphatic rings. The number of rotatable bonds is 5. The predicted octanol–water partition coefficient (Wildman–Crippen LogP) is 3.63. The van der Waals surface area contributed by atoms with Gasteiger partial charge in [0.05, 0.1) is 6.61 Å². The molecule has 0 spiro atoms. The zero-order valence-corrected chi connectivity index (χ0v) is 15.0. The highest BCUT2D eigenvalue weighted by atomic mass is 16.5. The fourth-order valence-corrected chi connectivity index (χ4v) is 2.90. The van der Waals surface area contributed by atoms with Gasteiger partial charge in [-0.3, -0.25) is 14.9 Å². The summed E-state index contributed by atoms with van der Waals surface area (Å²) >= 11 is 0. The van der Waals surface area contributed by atoms with Crippen LogP contribution in [-0.4, -0.2) is 31.1 Å². The van der Waals surface area contributed by atoms with E-state index in [1.807, 2.05) is 6.07 Å². The average molecular weight is 367 g/mol. The lowest BCUT2D eigenvalue weighted by Crippen LogP contribution is -2.23. The lowest BCUT2D eigenvalue weighted by Gasteiger charge is -2.17. The maximum Gasteiger partial charge on any atom is 0.411 e. The van der Waals surface area contributed by atoms with Crippen molar-refractivity contribution in [2.45, 2.75) is 19.8 Å². The van der Waals surface area contributed by atoms with Crippen molar-refractivity contribution in [2.75, 3.05) is 28.7 Å². The third-order valence-corrected chi connectivity index (χ3v) is 4.14. The first kappa shape index (κ1) is 18.4. The van der Waals surface area contributed by atoms with Crippen molar-refractivity contribution in [1.82, 2.24) is 0 Å². The molecule has 1 saturated heterocycles. The predicted molar refractivity (Wildman–Crippen MR) is 103 cm³/mol. The second kappa shape index (κ2) is 8.35. The number of hydrogen-bond donors (Lipinski definition) is 2. The van der Waals surface area contributed by atoms with Crippen LogP contribution in [0.5, 0.6) is 0 Å². The molecular formula is C20H21N3O4. The molecule has 0 atom stereocenters. The fourth-order valence-electron chi connectivity index (χ4n) is 2.90. The van der Waals surface area contributed by atoms with Crippen LogP contribution in [0.4, 0.5) is 21.9 Å². The van der Waals surface area contributed by atoms with Crippen LogP contribution in [0, 0.1) is 0 Å². The van der Waals surface area contributed by atoms with Gasteiger partial charge < -0.3 is 15.0 Å². The summed E-state index contributed by atoms with van der Waals surface area (Å²) in [5.74, 6) is -0.219. The van der Waals surface area contributed by atoms with Crippen LogP contribution in [0.25, 0.3) is 0 Å². The smallest absolute Gasteiger partial charge is 0.411 e. The highest BCUT2D eigenvalue weighted by Crippen LogP contribution is 2.24. The van der Waals surface area contributed by atoms with Gasteiger partial charge in [0.25, 0.3) is 5.91 Å². The second-order valence-corrected chi connectivity index (χ2v) is 6.08. The Labute approximate surface area is 157 Å². The van der Waals surface area contributed by atoms with Gasteiger partial charge in [-0.15, -0.1) is 0 Å². The molecule has 0 unspecified atom stereocenters. The molecular weight excluding hydrogens is 346 g/mol. The maximum absolute atomic E-state index is 12.5. The molecule has 7 heteroatoms. The van der Waals surface area contributed by atoms with E-state index < -0.39 is 6.09 Å². The Hall–Kier alpha value is -3.35. The molecule has 1 aliphatic heterocycles. The lowest BCUT2D eigenvalue weighted by atomic mass is 10.1. The van der Waals surface area contributed by atoms with Crippen molar-refractivity contribution in [2.24, 2.45) is 0 Å². The van der Waals surface area contributed by atoms with E-state index >= 15 is 0 Å². The molecule has 0 bridgehead atoms. The van der Waals surface area contributed by atoms with Crippen molar-refractivity contribution in [1.29, 1.82) is 0 Å². The number of carbonyl (C=O) groups is 3. The van der Waals surface area contributed by atoms with Crippen LogP contribution in [0.2, 0.25) is 0 Å². The summed E-state index contributed by atoms with van der Waals surface area (Å²) in [6.45, 7) is 2.67. The van der Waals surface area contributed by atoms with Gasteiger partial charge in [-0.1, -0.05) is 12.1 Å². The van der Waals surface area contributed by atoms with Gasteiger partial charge in [-0.05, 0) is 49.7 Å². The van der Waals surface area contributed by atoms with Crippen molar-refractivity contribution < 1.29 is 19.1 Å². The number of nitrogens with zero attached hydrogens (tertiary/aromatic N) is 1. The van der Waals surface area contributed by atoms with E-state index in [2.05, 4.69) is 10.6 Å². The molecule has 3 rings (SSSR count). The number of benzene rings is 2. The molecule has 1 heterocycles. The van der Waals surface area contributed by atoms with E-state index in [4.69, 9.17) is 4.74 Å². The Kier molecular flexibility index (Phi) is 5.71. The van der Waals surface area contributed by atoms with E-state index in [-0.39, 0.29) is 18.4 Å². The van der Waals surface area contributed by atoms with Crippen LogP contribution >= 0.6 is 0 Å². The third-order valence-electron chi connectivity index (χ3n) is 4.14. The first-order chi connectivity index (χ1) is 13.1. The normalized spacial score (nSPS) is 13.4. The monoisotopic (exact) mass is 367 g/mol. The number of hydrogen-bond acceptors (Lipinski definition) is 4. The topological polar surface area (TPSA) is 87.7 Å². The fraction of sp³-hybridized carbons (Fsp3) is 0.250. The van der Waals surface area contributed by atoms with Gasteiger partial charge in [0.2, 0.25) is 5.91 Å². The van der Waals surface area contributed by atoms with Gasteiger partial charge >= 0.3 is 6.09 Å². The molecule has 2 aromatic rings. The van der Waals surface area contributed by atoms with E-state index in [9.17, 15) is 14.4 Å². The Balaban J connectivity index is 1.70. The first-order valence-electron chi connectivity index (χ1n) is 8.82. The first-order valence-corrected chi connectivity index (χ1v) is 8.82. The Morgan fingerprint density at radius 3 is 2.52 bits per heavy atom. The Morgan fingerprint density at radius 2 is 1.81 bits per heavy atom. The van der Waals surface area contributed by atoms with Crippen LogP contribution in [0.1, 0.15) is 30.1 Å². The molecule has 0 saturated carbocycles. The molecule has 0 radical (unpaired) electrons. The molecule has 7 nitrogen and oxygen atoms in total. The van der Waals surface area contributed by atoms with Crippen molar-refractivity contribution in [3.63, 3.8) is 0 Å². The van der Waals surface area contributed by atoms with Crippen LogP contribution in [0.3, 0.4) is 0 Å². The molecule has 0 aliphatic carbocycles. The summed E-state index contributed by atoms with van der Waals surface area (Å²) in [7, 11) is 0. The minimum absolute atomic E-state index is 0.0937. The van der Waals surface area contributed by atoms with Gasteiger partial charge in [-0.2, -0.15) is 0 Å².